The van der Waals surface area contributed by atoms with Crippen molar-refractivity contribution in [2.24, 2.45) is 5.92 Å². The van der Waals surface area contributed by atoms with E-state index in [4.69, 9.17) is 0 Å². The summed E-state index contributed by atoms with van der Waals surface area (Å²) < 4.78 is 0. The third-order valence-corrected chi connectivity index (χ3v) is 3.69. The molecule has 1 fully saturated rings. The number of carbonyl (C=O) groups is 2. The van der Waals surface area contributed by atoms with Crippen LogP contribution < -0.4 is 5.32 Å². The lowest BCUT2D eigenvalue weighted by atomic mass is 9.97. The topological polar surface area (TPSA) is 75.2 Å². The van der Waals surface area contributed by atoms with Crippen molar-refractivity contribution in [1.29, 1.82) is 0 Å². The van der Waals surface area contributed by atoms with Gasteiger partial charge in [-0.1, -0.05) is 13.3 Å². The van der Waals surface area contributed by atoms with Gasteiger partial charge >= 0.3 is 0 Å². The van der Waals surface area contributed by atoms with E-state index < -0.39 is 0 Å². The van der Waals surface area contributed by atoms with Crippen LogP contribution >= 0.6 is 0 Å². The molecule has 1 aromatic rings. The SMILES string of the molecule is CCCCNC(=O)C1CCCN(C(=O)c2cnccn2)C1. The Morgan fingerprint density at radius 3 is 3.00 bits per heavy atom. The summed E-state index contributed by atoms with van der Waals surface area (Å²) >= 11 is 0. The summed E-state index contributed by atoms with van der Waals surface area (Å²) in [5, 5.41) is 2.95. The van der Waals surface area contributed by atoms with Gasteiger partial charge in [-0.05, 0) is 19.3 Å². The highest BCUT2D eigenvalue weighted by Gasteiger charge is 2.29. The van der Waals surface area contributed by atoms with Crippen molar-refractivity contribution in [2.75, 3.05) is 19.6 Å². The summed E-state index contributed by atoms with van der Waals surface area (Å²) in [7, 11) is 0. The zero-order valence-electron chi connectivity index (χ0n) is 12.4. The van der Waals surface area contributed by atoms with Gasteiger partial charge in [-0.25, -0.2) is 4.98 Å². The molecule has 2 amide bonds. The number of nitrogens with one attached hydrogen (secondary N) is 1. The highest BCUT2D eigenvalue weighted by Crippen LogP contribution is 2.18. The smallest absolute Gasteiger partial charge is 0.274 e. The van der Waals surface area contributed by atoms with Crippen molar-refractivity contribution < 1.29 is 9.59 Å². The van der Waals surface area contributed by atoms with E-state index in [0.29, 0.717) is 25.3 Å². The zero-order chi connectivity index (χ0) is 15.1. The van der Waals surface area contributed by atoms with E-state index in [9.17, 15) is 9.59 Å². The maximum atomic E-state index is 12.3. The van der Waals surface area contributed by atoms with Gasteiger partial charge in [0.05, 0.1) is 12.1 Å². The molecule has 0 spiro atoms. The molecule has 0 radical (unpaired) electrons. The third kappa shape index (κ3) is 4.24. The van der Waals surface area contributed by atoms with E-state index in [1.54, 1.807) is 4.90 Å². The van der Waals surface area contributed by atoms with Crippen molar-refractivity contribution in [3.05, 3.63) is 24.3 Å². The number of likely N-dealkylation sites (tertiary alicyclic amines) is 1. The average Bonchev–Trinajstić information content (AvgIpc) is 2.55. The summed E-state index contributed by atoms with van der Waals surface area (Å²) in [6.45, 7) is 3.94. The van der Waals surface area contributed by atoms with Gasteiger partial charge in [-0.2, -0.15) is 0 Å². The summed E-state index contributed by atoms with van der Waals surface area (Å²) in [5.74, 6) is -0.203. The molecule has 0 saturated carbocycles. The van der Waals surface area contributed by atoms with Crippen LogP contribution in [-0.4, -0.2) is 46.3 Å². The van der Waals surface area contributed by atoms with Gasteiger partial charge in [-0.3, -0.25) is 14.6 Å². The summed E-state index contributed by atoms with van der Waals surface area (Å²) in [4.78, 5) is 34.1. The normalized spacial score (nSPS) is 18.3. The zero-order valence-corrected chi connectivity index (χ0v) is 12.4. The molecule has 2 rings (SSSR count). The van der Waals surface area contributed by atoms with E-state index in [1.807, 2.05) is 0 Å². The minimum absolute atomic E-state index is 0.0556. The molecule has 1 saturated heterocycles. The average molecular weight is 290 g/mol. The maximum Gasteiger partial charge on any atom is 0.274 e. The van der Waals surface area contributed by atoms with E-state index in [1.165, 1.54) is 18.6 Å². The van der Waals surface area contributed by atoms with E-state index in [2.05, 4.69) is 22.2 Å². The van der Waals surface area contributed by atoms with Gasteiger partial charge in [0.1, 0.15) is 5.69 Å². The Labute approximate surface area is 125 Å². The Bertz CT molecular complexity index is 478. The number of hydrogen-bond donors (Lipinski definition) is 1. The van der Waals surface area contributed by atoms with E-state index in [0.717, 1.165) is 25.7 Å². The monoisotopic (exact) mass is 290 g/mol. The summed E-state index contributed by atoms with van der Waals surface area (Å²) in [6.07, 6.45) is 8.24. The highest BCUT2D eigenvalue weighted by atomic mass is 16.2. The van der Waals surface area contributed by atoms with Crippen molar-refractivity contribution in [1.82, 2.24) is 20.2 Å². The highest BCUT2D eigenvalue weighted by molar-refractivity contribution is 5.92. The largest absolute Gasteiger partial charge is 0.356 e. The van der Waals surface area contributed by atoms with E-state index in [-0.39, 0.29) is 17.7 Å². The van der Waals surface area contributed by atoms with Gasteiger partial charge in [0.25, 0.3) is 5.91 Å². The number of carbonyl (C=O) groups excluding carboxylic acids is 2. The molecular weight excluding hydrogens is 268 g/mol. The summed E-state index contributed by atoms with van der Waals surface area (Å²) in [5.41, 5.74) is 0.338. The molecule has 6 heteroatoms. The standard InChI is InChI=1S/C15H22N4O2/c1-2-3-6-18-14(20)12-5-4-9-19(11-12)15(21)13-10-16-7-8-17-13/h7-8,10,12H,2-6,9,11H2,1H3,(H,18,20). The van der Waals surface area contributed by atoms with Crippen molar-refractivity contribution in [2.45, 2.75) is 32.6 Å². The fourth-order valence-electron chi connectivity index (χ4n) is 2.48. The third-order valence-electron chi connectivity index (χ3n) is 3.69. The molecule has 21 heavy (non-hydrogen) atoms. The molecule has 114 valence electrons. The van der Waals surface area contributed by atoms with Crippen molar-refractivity contribution >= 4 is 11.8 Å². The molecule has 2 heterocycles. The number of unbranched alkanes of at least 4 members (excludes halogenated alkanes) is 1. The number of amides is 2. The van der Waals surface area contributed by atoms with Crippen LogP contribution in [0.4, 0.5) is 0 Å². The molecule has 1 aromatic heterocycles. The fraction of sp³-hybridized carbons (Fsp3) is 0.600. The van der Waals surface area contributed by atoms with E-state index >= 15 is 0 Å². The fourth-order valence-corrected chi connectivity index (χ4v) is 2.48. The van der Waals surface area contributed by atoms with Crippen LogP contribution in [0.1, 0.15) is 43.1 Å². The van der Waals surface area contributed by atoms with Gasteiger partial charge in [0, 0.05) is 32.0 Å². The van der Waals surface area contributed by atoms with Gasteiger partial charge in [-0.15, -0.1) is 0 Å². The number of nitrogens with zero attached hydrogens (tertiary/aromatic N) is 3. The maximum absolute atomic E-state index is 12.3. The Morgan fingerprint density at radius 1 is 1.43 bits per heavy atom. The predicted octanol–water partition coefficient (Wildman–Crippen LogP) is 1.25. The Morgan fingerprint density at radius 2 is 2.29 bits per heavy atom. The quantitative estimate of drug-likeness (QED) is 0.828. The van der Waals surface area contributed by atoms with Crippen LogP contribution in [0.25, 0.3) is 0 Å². The molecule has 1 unspecified atom stereocenters. The number of hydrogen-bond acceptors (Lipinski definition) is 4. The van der Waals surface area contributed by atoms with Gasteiger partial charge in [0.15, 0.2) is 0 Å². The Kier molecular flexibility index (Phi) is 5.66. The van der Waals surface area contributed by atoms with Crippen molar-refractivity contribution in [3.63, 3.8) is 0 Å². The lowest BCUT2D eigenvalue weighted by molar-refractivity contribution is -0.126. The van der Waals surface area contributed by atoms with Crippen LogP contribution in [0.5, 0.6) is 0 Å². The first-order valence-electron chi connectivity index (χ1n) is 7.55. The first kappa shape index (κ1) is 15.4. The molecule has 0 aromatic carbocycles. The second-order valence-electron chi connectivity index (χ2n) is 5.33. The predicted molar refractivity (Wildman–Crippen MR) is 78.6 cm³/mol. The molecular formula is C15H22N4O2. The molecule has 1 aliphatic rings. The van der Waals surface area contributed by atoms with Crippen molar-refractivity contribution in [3.8, 4) is 0 Å². The lowest BCUT2D eigenvalue weighted by Crippen LogP contribution is -2.45. The van der Waals surface area contributed by atoms with Crippen LogP contribution in [-0.2, 0) is 4.79 Å². The van der Waals surface area contributed by atoms with Crippen LogP contribution in [0.15, 0.2) is 18.6 Å². The molecule has 1 N–H and O–H groups in total. The van der Waals surface area contributed by atoms with Gasteiger partial charge < -0.3 is 10.2 Å². The molecule has 0 bridgehead atoms. The first-order valence-corrected chi connectivity index (χ1v) is 7.55. The minimum Gasteiger partial charge on any atom is -0.356 e. The first-order chi connectivity index (χ1) is 10.2. The number of aromatic nitrogens is 2. The second-order valence-corrected chi connectivity index (χ2v) is 5.33. The minimum atomic E-state index is -0.144. The molecule has 1 aliphatic heterocycles. The van der Waals surface area contributed by atoms with Crippen LogP contribution in [0.3, 0.4) is 0 Å². The molecule has 1 atom stereocenters. The molecule has 0 aliphatic carbocycles. The Hall–Kier alpha value is -1.98. The second kappa shape index (κ2) is 7.71. The Balaban J connectivity index is 1.91. The number of rotatable bonds is 5. The van der Waals surface area contributed by atoms with Crippen LogP contribution in [0, 0.1) is 5.92 Å². The van der Waals surface area contributed by atoms with Gasteiger partial charge in [0.2, 0.25) is 5.91 Å². The lowest BCUT2D eigenvalue weighted by Gasteiger charge is -2.31. The number of piperidine rings is 1. The summed E-state index contributed by atoms with van der Waals surface area (Å²) in [6, 6.07) is 0. The molecule has 6 nitrogen and oxygen atoms in total. The van der Waals surface area contributed by atoms with Crippen LogP contribution in [0.2, 0.25) is 0 Å².